The fourth-order valence-electron chi connectivity index (χ4n) is 4.77. The average Bonchev–Trinajstić information content (AvgIpc) is 3.27. The van der Waals surface area contributed by atoms with Gasteiger partial charge in [0.1, 0.15) is 10.6 Å². The summed E-state index contributed by atoms with van der Waals surface area (Å²) in [7, 11) is -2.01. The smallest absolute Gasteiger partial charge is 0.269 e. The monoisotopic (exact) mass is 439 g/mol. The molecule has 1 amide bonds. The summed E-state index contributed by atoms with van der Waals surface area (Å²) < 4.78 is 31.8. The van der Waals surface area contributed by atoms with Crippen molar-refractivity contribution < 1.29 is 17.9 Å². The zero-order chi connectivity index (χ0) is 21.6. The molecule has 0 fully saturated rings. The van der Waals surface area contributed by atoms with Crippen molar-refractivity contribution in [1.29, 1.82) is 0 Å². The van der Waals surface area contributed by atoms with Crippen molar-refractivity contribution in [2.24, 2.45) is 0 Å². The highest BCUT2D eigenvalue weighted by Gasteiger charge is 2.40. The predicted octanol–water partition coefficient (Wildman–Crippen LogP) is 2.86. The largest absolute Gasteiger partial charge is 0.496 e. The van der Waals surface area contributed by atoms with Gasteiger partial charge in [0.25, 0.3) is 15.9 Å². The number of rotatable bonds is 7. The van der Waals surface area contributed by atoms with Gasteiger partial charge in [0.2, 0.25) is 0 Å². The van der Waals surface area contributed by atoms with Gasteiger partial charge in [-0.1, -0.05) is 12.1 Å². The molecule has 2 aromatic carbocycles. The van der Waals surface area contributed by atoms with E-state index in [1.165, 1.54) is 22.6 Å². The SMILES string of the molecule is COc1ccc2[nH]cc3c2c1CC(NCCCCN1C(=O)c2ccccc2S1(=O)=O)C3. The van der Waals surface area contributed by atoms with Crippen molar-refractivity contribution in [3.8, 4) is 5.75 Å². The van der Waals surface area contributed by atoms with E-state index in [9.17, 15) is 13.2 Å². The van der Waals surface area contributed by atoms with E-state index in [0.717, 1.165) is 41.4 Å². The summed E-state index contributed by atoms with van der Waals surface area (Å²) in [5.74, 6) is 0.494. The highest BCUT2D eigenvalue weighted by atomic mass is 32.2. The Bertz CT molecular complexity index is 1270. The molecular formula is C23H25N3O4S. The molecule has 2 N–H and O–H groups in total. The maximum Gasteiger partial charge on any atom is 0.269 e. The lowest BCUT2D eigenvalue weighted by molar-refractivity contribution is 0.0869. The maximum atomic E-state index is 12.6. The number of hydrogen-bond acceptors (Lipinski definition) is 5. The number of nitrogens with one attached hydrogen (secondary N) is 2. The summed E-state index contributed by atoms with van der Waals surface area (Å²) in [6.45, 7) is 0.967. The number of fused-ring (bicyclic) bond motifs is 1. The lowest BCUT2D eigenvalue weighted by Gasteiger charge is -2.25. The molecule has 31 heavy (non-hydrogen) atoms. The number of sulfonamides is 1. The first-order valence-electron chi connectivity index (χ1n) is 10.6. The Morgan fingerprint density at radius 1 is 1.16 bits per heavy atom. The van der Waals surface area contributed by atoms with Crippen LogP contribution in [0.2, 0.25) is 0 Å². The quantitative estimate of drug-likeness (QED) is 0.553. The molecule has 162 valence electrons. The van der Waals surface area contributed by atoms with Gasteiger partial charge in [-0.25, -0.2) is 12.7 Å². The topological polar surface area (TPSA) is 91.5 Å². The molecule has 0 saturated heterocycles. The third kappa shape index (κ3) is 3.30. The Kier molecular flexibility index (Phi) is 4.98. The van der Waals surface area contributed by atoms with Crippen LogP contribution in [0.5, 0.6) is 5.75 Å². The number of H-pyrrole nitrogens is 1. The number of carbonyl (C=O) groups excluding carboxylic acids is 1. The fraction of sp³-hybridized carbons (Fsp3) is 0.348. The Morgan fingerprint density at radius 2 is 2.00 bits per heavy atom. The molecule has 5 rings (SSSR count). The molecular weight excluding hydrogens is 414 g/mol. The highest BCUT2D eigenvalue weighted by Crippen LogP contribution is 2.35. The van der Waals surface area contributed by atoms with Crippen LogP contribution in [-0.4, -0.2) is 49.9 Å². The number of aromatic nitrogens is 1. The first kappa shape index (κ1) is 20.1. The van der Waals surface area contributed by atoms with Crippen LogP contribution < -0.4 is 10.1 Å². The van der Waals surface area contributed by atoms with E-state index in [2.05, 4.69) is 22.6 Å². The predicted molar refractivity (Wildman–Crippen MR) is 118 cm³/mol. The molecule has 2 aliphatic rings. The Hall–Kier alpha value is -2.84. The molecule has 0 saturated carbocycles. The number of methoxy groups -OCH3 is 1. The summed E-state index contributed by atoms with van der Waals surface area (Å²) in [6, 6.07) is 10.8. The summed E-state index contributed by atoms with van der Waals surface area (Å²) in [4.78, 5) is 15.9. The molecule has 1 aromatic heterocycles. The van der Waals surface area contributed by atoms with E-state index >= 15 is 0 Å². The van der Waals surface area contributed by atoms with Gasteiger partial charge in [0, 0.05) is 35.2 Å². The minimum Gasteiger partial charge on any atom is -0.496 e. The van der Waals surface area contributed by atoms with Crippen molar-refractivity contribution in [2.45, 2.75) is 36.6 Å². The number of benzene rings is 2. The van der Waals surface area contributed by atoms with Crippen molar-refractivity contribution in [1.82, 2.24) is 14.6 Å². The molecule has 7 nitrogen and oxygen atoms in total. The summed E-state index contributed by atoms with van der Waals surface area (Å²) >= 11 is 0. The van der Waals surface area contributed by atoms with Gasteiger partial charge in [0.05, 0.1) is 12.7 Å². The Morgan fingerprint density at radius 3 is 2.81 bits per heavy atom. The highest BCUT2D eigenvalue weighted by molar-refractivity contribution is 7.90. The second kappa shape index (κ2) is 7.69. The minimum atomic E-state index is -3.71. The number of aromatic amines is 1. The van der Waals surface area contributed by atoms with Crippen molar-refractivity contribution in [3.05, 3.63) is 59.3 Å². The van der Waals surface area contributed by atoms with Crippen molar-refractivity contribution in [2.75, 3.05) is 20.2 Å². The molecule has 1 aliphatic heterocycles. The maximum absolute atomic E-state index is 12.6. The van der Waals surface area contributed by atoms with Crippen LogP contribution in [0.4, 0.5) is 0 Å². The molecule has 1 unspecified atom stereocenters. The average molecular weight is 440 g/mol. The molecule has 3 aromatic rings. The van der Waals surface area contributed by atoms with Gasteiger partial charge < -0.3 is 15.0 Å². The van der Waals surface area contributed by atoms with Crippen LogP contribution >= 0.6 is 0 Å². The van der Waals surface area contributed by atoms with E-state index in [-0.39, 0.29) is 17.0 Å². The minimum absolute atomic E-state index is 0.116. The van der Waals surface area contributed by atoms with Gasteiger partial charge in [-0.05, 0) is 62.1 Å². The van der Waals surface area contributed by atoms with E-state index in [1.54, 1.807) is 25.3 Å². The van der Waals surface area contributed by atoms with Crippen LogP contribution in [-0.2, 0) is 22.9 Å². The standard InChI is InChI=1S/C23H25N3O4S/c1-30-20-9-8-19-22-15(14-25-19)12-16(13-18(20)22)24-10-4-5-11-26-23(27)17-6-2-3-7-21(17)31(26,28)29/h2-3,6-9,14,16,24-25H,4-5,10-13H2,1H3. The number of nitrogens with zero attached hydrogens (tertiary/aromatic N) is 1. The van der Waals surface area contributed by atoms with Crippen molar-refractivity contribution in [3.63, 3.8) is 0 Å². The van der Waals surface area contributed by atoms with E-state index in [1.807, 2.05) is 6.07 Å². The Labute approximate surface area is 181 Å². The lowest BCUT2D eigenvalue weighted by atomic mass is 9.88. The molecule has 0 spiro atoms. The number of ether oxygens (including phenoxy) is 1. The summed E-state index contributed by atoms with van der Waals surface area (Å²) in [5, 5.41) is 4.87. The number of hydrogen-bond donors (Lipinski definition) is 2. The number of carbonyl (C=O) groups is 1. The second-order valence-corrected chi connectivity index (χ2v) is 9.96. The van der Waals surface area contributed by atoms with E-state index < -0.39 is 15.9 Å². The molecule has 1 aliphatic carbocycles. The lowest BCUT2D eigenvalue weighted by Crippen LogP contribution is -2.36. The normalized spacial score (nSPS) is 19.1. The summed E-state index contributed by atoms with van der Waals surface area (Å²) in [5.41, 5.74) is 3.93. The van der Waals surface area contributed by atoms with Crippen LogP contribution in [0.3, 0.4) is 0 Å². The van der Waals surface area contributed by atoms with Gasteiger partial charge in [-0.3, -0.25) is 4.79 Å². The van der Waals surface area contributed by atoms with Gasteiger partial charge >= 0.3 is 0 Å². The van der Waals surface area contributed by atoms with Gasteiger partial charge in [0.15, 0.2) is 0 Å². The Balaban J connectivity index is 1.17. The van der Waals surface area contributed by atoms with E-state index in [0.29, 0.717) is 12.5 Å². The van der Waals surface area contributed by atoms with Gasteiger partial charge in [-0.2, -0.15) is 0 Å². The fourth-order valence-corrected chi connectivity index (χ4v) is 6.38. The van der Waals surface area contributed by atoms with Crippen LogP contribution in [0.1, 0.15) is 34.3 Å². The van der Waals surface area contributed by atoms with Crippen LogP contribution in [0, 0.1) is 0 Å². The zero-order valence-electron chi connectivity index (χ0n) is 17.3. The molecule has 8 heteroatoms. The first-order valence-corrected chi connectivity index (χ1v) is 12.0. The van der Waals surface area contributed by atoms with Crippen LogP contribution in [0.15, 0.2) is 47.5 Å². The van der Waals surface area contributed by atoms with E-state index in [4.69, 9.17) is 4.74 Å². The van der Waals surface area contributed by atoms with Gasteiger partial charge in [-0.15, -0.1) is 0 Å². The zero-order valence-corrected chi connectivity index (χ0v) is 18.2. The molecule has 0 radical (unpaired) electrons. The number of amides is 1. The van der Waals surface area contributed by atoms with Crippen LogP contribution in [0.25, 0.3) is 10.9 Å². The second-order valence-electron chi connectivity index (χ2n) is 8.13. The number of unbranched alkanes of at least 4 members (excludes halogenated alkanes) is 1. The molecule has 0 bridgehead atoms. The summed E-state index contributed by atoms with van der Waals surface area (Å²) in [6.07, 6.45) is 5.30. The third-order valence-corrected chi connectivity index (χ3v) is 8.10. The first-order chi connectivity index (χ1) is 15.0. The molecule has 1 atom stereocenters. The molecule has 2 heterocycles. The third-order valence-electron chi connectivity index (χ3n) is 6.26. The van der Waals surface area contributed by atoms with Crippen molar-refractivity contribution >= 4 is 26.8 Å².